The van der Waals surface area contributed by atoms with Crippen molar-refractivity contribution >= 4 is 80.8 Å². The maximum Gasteiger partial charge on any atom is 0.421 e. The van der Waals surface area contributed by atoms with Crippen LogP contribution in [0.2, 0.25) is 0 Å². The molecule has 0 aliphatic carbocycles. The van der Waals surface area contributed by atoms with Crippen molar-refractivity contribution in [3.8, 4) is 0 Å². The normalized spacial score (nSPS) is 13.6. The lowest BCUT2D eigenvalue weighted by Crippen LogP contribution is -2.27. The first-order valence-electron chi connectivity index (χ1n) is 21.8. The Bertz CT molecular complexity index is 2350. The monoisotopic (exact) mass is 1150 g/mol. The van der Waals surface area contributed by atoms with Gasteiger partial charge < -0.3 is 14.6 Å². The van der Waals surface area contributed by atoms with E-state index in [1.165, 1.54) is 46.1 Å². The van der Waals surface area contributed by atoms with Crippen molar-refractivity contribution in [1.82, 2.24) is 14.9 Å². The molecule has 386 valence electrons. The van der Waals surface area contributed by atoms with Gasteiger partial charge in [0, 0.05) is 52.9 Å². The molecule has 0 aliphatic heterocycles. The molecule has 0 fully saturated rings. The van der Waals surface area contributed by atoms with Gasteiger partial charge in [-0.2, -0.15) is 26.3 Å². The zero-order chi connectivity index (χ0) is 52.5. The number of rotatable bonds is 18. The first kappa shape index (κ1) is 65.8. The number of hydrogen-bond acceptors (Lipinski definition) is 8. The molecule has 2 aromatic heterocycles. The Morgan fingerprint density at radius 1 is 0.771 bits per heavy atom. The van der Waals surface area contributed by atoms with E-state index in [0.717, 1.165) is 56.2 Å². The first-order chi connectivity index (χ1) is 32.2. The molecule has 70 heavy (non-hydrogen) atoms. The van der Waals surface area contributed by atoms with Crippen molar-refractivity contribution in [2.75, 3.05) is 14.1 Å². The number of carbonyl (C=O) groups excluding carboxylic acids is 2. The largest absolute Gasteiger partial charge is 0.421 e. The number of aryl methyl sites for hydroxylation is 2. The lowest BCUT2D eigenvalue weighted by Gasteiger charge is -2.18. The van der Waals surface area contributed by atoms with Crippen molar-refractivity contribution < 1.29 is 45.6 Å². The quantitative estimate of drug-likeness (QED) is 0.0461. The molecule has 0 radical (unpaired) electrons. The Labute approximate surface area is 433 Å². The van der Waals surface area contributed by atoms with E-state index in [4.69, 9.17) is 0 Å². The minimum absolute atomic E-state index is 0. The first-order valence-corrected chi connectivity index (χ1v) is 26.6. The number of amides is 1. The van der Waals surface area contributed by atoms with E-state index in [1.807, 2.05) is 104 Å². The maximum atomic E-state index is 13.8. The van der Waals surface area contributed by atoms with E-state index < -0.39 is 40.7 Å². The lowest BCUT2D eigenvalue weighted by atomic mass is 10.0. The summed E-state index contributed by atoms with van der Waals surface area (Å²) < 4.78 is 86.4. The molecule has 2 heterocycles. The van der Waals surface area contributed by atoms with Crippen molar-refractivity contribution in [1.29, 1.82) is 0 Å². The van der Waals surface area contributed by atoms with Crippen LogP contribution < -0.4 is 10.6 Å². The van der Waals surface area contributed by atoms with Crippen molar-refractivity contribution in [2.45, 2.75) is 113 Å². The molecule has 4 rings (SSSR count). The molecule has 0 unspecified atom stereocenters. The summed E-state index contributed by atoms with van der Waals surface area (Å²) in [5.41, 5.74) is 3.39. The predicted molar refractivity (Wildman–Crippen MR) is 291 cm³/mol. The molecule has 0 spiro atoms. The van der Waals surface area contributed by atoms with E-state index in [9.17, 15) is 45.6 Å². The predicted octanol–water partition coefficient (Wildman–Crippen LogP) is 15.4. The van der Waals surface area contributed by atoms with Crippen LogP contribution in [0.4, 0.5) is 26.3 Å². The fourth-order valence-corrected chi connectivity index (χ4v) is 10.0. The number of benzene rings is 2. The fourth-order valence-electron chi connectivity index (χ4n) is 5.86. The van der Waals surface area contributed by atoms with Gasteiger partial charge in [0.05, 0.1) is 37.2 Å². The Hall–Kier alpha value is -4.22. The summed E-state index contributed by atoms with van der Waals surface area (Å²) in [5, 5.41) is 17.9. The van der Waals surface area contributed by atoms with Gasteiger partial charge in [-0.1, -0.05) is 118 Å². The van der Waals surface area contributed by atoms with Gasteiger partial charge in [0.25, 0.3) is 0 Å². The summed E-state index contributed by atoms with van der Waals surface area (Å²) in [6, 6.07) is 19.5. The SMILES string of the molecule is C.C=CC/C(=C\C[C@H](C)C(C)=O)C(F)(F)F.C=CC/C(C)=C\C[C@H](O)/C(C)=C/c1csc(C)n1.C[C@@H](C/C=C(\I)C(F)(F)F)C(=O)N(C)C.Cc1nc(CP(=O)(c2ccccc2)c2ccccc2)cs1. The average molecular weight is 1150 g/mol. The number of aliphatic hydroxyl groups excluding tert-OH is 1. The van der Waals surface area contributed by atoms with Crippen LogP contribution in [0, 0.1) is 25.7 Å². The third-order valence-electron chi connectivity index (χ3n) is 10.0. The molecule has 3 atom stereocenters. The van der Waals surface area contributed by atoms with Gasteiger partial charge in [-0.3, -0.25) is 9.59 Å². The van der Waals surface area contributed by atoms with Crippen molar-refractivity contribution in [3.63, 3.8) is 0 Å². The molecule has 0 bridgehead atoms. The Kier molecular flexibility index (Phi) is 30.7. The number of allylic oxidation sites excluding steroid dienone is 7. The molecule has 4 aromatic rings. The van der Waals surface area contributed by atoms with Crippen LogP contribution in [-0.4, -0.2) is 64.2 Å². The van der Waals surface area contributed by atoms with E-state index in [-0.39, 0.29) is 44.3 Å². The molecule has 0 saturated heterocycles. The topological polar surface area (TPSA) is 100 Å². The number of hydrogen-bond donors (Lipinski definition) is 1. The number of aromatic nitrogens is 2. The van der Waals surface area contributed by atoms with E-state index >= 15 is 0 Å². The van der Waals surface area contributed by atoms with Gasteiger partial charge >= 0.3 is 12.4 Å². The number of ketones is 1. The van der Waals surface area contributed by atoms with Gasteiger partial charge in [-0.05, 0) is 101 Å². The molecule has 7 nitrogen and oxygen atoms in total. The van der Waals surface area contributed by atoms with Crippen LogP contribution in [0.5, 0.6) is 0 Å². The number of carbonyl (C=O) groups is 2. The maximum absolute atomic E-state index is 13.8. The highest BCUT2D eigenvalue weighted by Crippen LogP contribution is 2.47. The zero-order valence-electron chi connectivity index (χ0n) is 40.7. The molecule has 1 N–H and O–H groups in total. The van der Waals surface area contributed by atoms with E-state index in [1.54, 1.807) is 50.6 Å². The highest BCUT2D eigenvalue weighted by Gasteiger charge is 2.33. The van der Waals surface area contributed by atoms with Crippen LogP contribution in [0.3, 0.4) is 0 Å². The number of thiazole rings is 2. The second-order valence-corrected chi connectivity index (χ2v) is 22.4. The Morgan fingerprint density at radius 3 is 1.69 bits per heavy atom. The van der Waals surface area contributed by atoms with Crippen LogP contribution in [0.15, 0.2) is 135 Å². The highest BCUT2D eigenvalue weighted by molar-refractivity contribution is 14.1. The summed E-state index contributed by atoms with van der Waals surface area (Å²) in [6.07, 6.45) is 2.16. The molecule has 0 aliphatic rings. The van der Waals surface area contributed by atoms with Gasteiger partial charge in [0.2, 0.25) is 5.91 Å². The van der Waals surface area contributed by atoms with Crippen LogP contribution >= 0.6 is 52.4 Å². The second-order valence-electron chi connectivity index (χ2n) is 16.3. The van der Waals surface area contributed by atoms with Gasteiger partial charge in [-0.25, -0.2) is 9.97 Å². The summed E-state index contributed by atoms with van der Waals surface area (Å²) in [7, 11) is 0.473. The third-order valence-corrected chi connectivity index (χ3v) is 15.7. The van der Waals surface area contributed by atoms with E-state index in [2.05, 4.69) is 36.1 Å². The number of aliphatic hydroxyl groups is 1. The van der Waals surface area contributed by atoms with E-state index in [0.29, 0.717) is 12.6 Å². The zero-order valence-corrected chi connectivity index (χ0v) is 45.4. The van der Waals surface area contributed by atoms with Gasteiger partial charge in [0.1, 0.15) is 12.9 Å². The number of Topliss-reactive ketones (excluding diaryl/α,β-unsaturated/α-hetero) is 1. The van der Waals surface area contributed by atoms with Crippen LogP contribution in [0.1, 0.15) is 95.6 Å². The van der Waals surface area contributed by atoms with Crippen molar-refractivity contribution in [2.24, 2.45) is 11.8 Å². The smallest absolute Gasteiger partial charge is 0.388 e. The molecule has 2 aromatic carbocycles. The molecule has 17 heteroatoms. The average Bonchev–Trinajstić information content (AvgIpc) is 3.91. The summed E-state index contributed by atoms with van der Waals surface area (Å²) >= 11 is 4.46. The fraction of sp³-hybridized carbons (Fsp3) is 0.396. The Morgan fingerprint density at radius 2 is 1.27 bits per heavy atom. The molecular formula is C53H69F6IN3O4PS2. The third kappa shape index (κ3) is 25.2. The summed E-state index contributed by atoms with van der Waals surface area (Å²) in [6.45, 7) is 19.5. The second kappa shape index (κ2) is 32.7. The number of halogens is 7. The van der Waals surface area contributed by atoms with Crippen LogP contribution in [-0.2, 0) is 20.3 Å². The highest BCUT2D eigenvalue weighted by atomic mass is 127. The Balaban J connectivity index is 0.000000914. The van der Waals surface area contributed by atoms with Gasteiger partial charge in [-0.15, -0.1) is 35.8 Å². The van der Waals surface area contributed by atoms with Crippen molar-refractivity contribution in [3.05, 3.63) is 157 Å². The summed E-state index contributed by atoms with van der Waals surface area (Å²) in [5.74, 6) is -1.07. The van der Waals surface area contributed by atoms with Gasteiger partial charge in [0.15, 0.2) is 0 Å². The number of nitrogens with zero attached hydrogens (tertiary/aromatic N) is 3. The molecule has 0 saturated carbocycles. The molecular weight excluding hydrogens is 1080 g/mol. The van der Waals surface area contributed by atoms with Crippen LogP contribution in [0.25, 0.3) is 6.08 Å². The minimum atomic E-state index is -4.33. The summed E-state index contributed by atoms with van der Waals surface area (Å²) in [4.78, 5) is 32.4. The molecule has 1 amide bonds. The lowest BCUT2D eigenvalue weighted by molar-refractivity contribution is -0.132. The number of alkyl halides is 6. The minimum Gasteiger partial charge on any atom is -0.388 e. The standard InChI is InChI=1S/C17H16NOPS.C15H21NOS.C11H15F3O.C9H13F3INO.CH4/c1-14-18-15(13-21-14)12-20(19,16-8-4-2-5-9-16)17-10-6-3-7-11-17;1-5-6-11(2)7-8-15(17)12(3)9-14-10-18-13(4)16-14;1-4-5-10(11(12,13)14)7-6-8(2)9(3)15;1-6(8(15)14(2)3)4-5-7(13)9(10,11)12;/h2-11,13H,12H2,1H3;5,7,9-10,15,17H,1,6,8H2,2-4H3;4,7-8H,1,5-6H2,2-3H3;5-6H,4H2,1-3H3;1H4/b;11-7-,12-9+;10-7+;7-5-;/t;15-;8-;6-;/m.000./s1.